The number of nitrogens with two attached hydrogens (primary N) is 1. The smallest absolute Gasteiger partial charge is 0.337 e. The number of ether oxygens (including phenoxy) is 1. The number of carbonyl (C=O) groups excluding carboxylic acids is 1. The van der Waals surface area contributed by atoms with Crippen LogP contribution in [0.3, 0.4) is 0 Å². The molecule has 1 atom stereocenters. The van der Waals surface area contributed by atoms with Gasteiger partial charge in [0.25, 0.3) is 0 Å². The Morgan fingerprint density at radius 2 is 2.00 bits per heavy atom. The van der Waals surface area contributed by atoms with Gasteiger partial charge in [-0.25, -0.2) is 4.79 Å². The third kappa shape index (κ3) is 3.68. The summed E-state index contributed by atoms with van der Waals surface area (Å²) in [6.45, 7) is 0. The summed E-state index contributed by atoms with van der Waals surface area (Å²) >= 11 is 3.44. The Kier molecular flexibility index (Phi) is 4.93. The first-order chi connectivity index (χ1) is 9.60. The van der Waals surface area contributed by atoms with Crippen LogP contribution in [0.25, 0.3) is 0 Å². The van der Waals surface area contributed by atoms with Crippen molar-refractivity contribution in [2.24, 2.45) is 5.73 Å². The molecule has 2 aromatic carbocycles. The number of hydrogen-bond acceptors (Lipinski definition) is 3. The first kappa shape index (κ1) is 14.8. The topological polar surface area (TPSA) is 52.3 Å². The number of carbonyl (C=O) groups is 1. The van der Waals surface area contributed by atoms with E-state index in [2.05, 4.69) is 15.9 Å². The molecule has 4 heteroatoms. The SMILES string of the molecule is COC(=O)c1cccc(CC(N)c2cccc(Br)c2)c1. The predicted octanol–water partition coefficient (Wildman–Crippen LogP) is 3.48. The van der Waals surface area contributed by atoms with E-state index in [-0.39, 0.29) is 12.0 Å². The second-order valence-electron chi connectivity index (χ2n) is 4.56. The summed E-state index contributed by atoms with van der Waals surface area (Å²) in [6.07, 6.45) is 0.668. The van der Waals surface area contributed by atoms with Gasteiger partial charge in [-0.05, 0) is 41.8 Å². The van der Waals surface area contributed by atoms with Crippen molar-refractivity contribution in [3.63, 3.8) is 0 Å². The molecule has 0 aliphatic rings. The van der Waals surface area contributed by atoms with Crippen LogP contribution in [0.15, 0.2) is 53.0 Å². The van der Waals surface area contributed by atoms with Crippen LogP contribution in [0.5, 0.6) is 0 Å². The van der Waals surface area contributed by atoms with E-state index in [9.17, 15) is 4.79 Å². The molecular weight excluding hydrogens is 318 g/mol. The van der Waals surface area contributed by atoms with Crippen LogP contribution in [0.2, 0.25) is 0 Å². The van der Waals surface area contributed by atoms with Crippen LogP contribution in [0.4, 0.5) is 0 Å². The molecule has 2 rings (SSSR count). The number of hydrogen-bond donors (Lipinski definition) is 1. The fourth-order valence-electron chi connectivity index (χ4n) is 2.05. The third-order valence-electron chi connectivity index (χ3n) is 3.08. The Morgan fingerprint density at radius 1 is 1.25 bits per heavy atom. The molecule has 0 heterocycles. The highest BCUT2D eigenvalue weighted by Gasteiger charge is 2.10. The minimum absolute atomic E-state index is 0.111. The molecule has 2 aromatic rings. The molecule has 1 unspecified atom stereocenters. The Balaban J connectivity index is 2.15. The Labute approximate surface area is 126 Å². The second-order valence-corrected chi connectivity index (χ2v) is 5.47. The molecule has 0 amide bonds. The summed E-state index contributed by atoms with van der Waals surface area (Å²) in [5.41, 5.74) is 8.84. The number of rotatable bonds is 4. The minimum Gasteiger partial charge on any atom is -0.465 e. The van der Waals surface area contributed by atoms with Gasteiger partial charge in [0.05, 0.1) is 12.7 Å². The monoisotopic (exact) mass is 333 g/mol. The summed E-state index contributed by atoms with van der Waals surface area (Å²) in [5, 5.41) is 0. The lowest BCUT2D eigenvalue weighted by molar-refractivity contribution is 0.0600. The van der Waals surface area contributed by atoms with E-state index in [0.717, 1.165) is 15.6 Å². The lowest BCUT2D eigenvalue weighted by Crippen LogP contribution is -2.13. The Morgan fingerprint density at radius 3 is 2.70 bits per heavy atom. The molecule has 104 valence electrons. The average molecular weight is 334 g/mol. The first-order valence-corrected chi connectivity index (χ1v) is 7.08. The molecule has 0 aliphatic carbocycles. The molecule has 0 saturated carbocycles. The van der Waals surface area contributed by atoms with E-state index < -0.39 is 0 Å². The maximum absolute atomic E-state index is 11.5. The number of esters is 1. The maximum Gasteiger partial charge on any atom is 0.337 e. The van der Waals surface area contributed by atoms with E-state index >= 15 is 0 Å². The highest BCUT2D eigenvalue weighted by Crippen LogP contribution is 2.20. The van der Waals surface area contributed by atoms with E-state index in [4.69, 9.17) is 10.5 Å². The second kappa shape index (κ2) is 6.68. The average Bonchev–Trinajstić information content (AvgIpc) is 2.46. The Bertz CT molecular complexity index is 613. The number of methoxy groups -OCH3 is 1. The van der Waals surface area contributed by atoms with Crippen molar-refractivity contribution in [1.29, 1.82) is 0 Å². The molecule has 0 spiro atoms. The van der Waals surface area contributed by atoms with E-state index in [1.807, 2.05) is 42.5 Å². The lowest BCUT2D eigenvalue weighted by Gasteiger charge is -2.13. The van der Waals surface area contributed by atoms with Crippen LogP contribution in [-0.4, -0.2) is 13.1 Å². The molecule has 0 fully saturated rings. The summed E-state index contributed by atoms with van der Waals surface area (Å²) in [7, 11) is 1.38. The van der Waals surface area contributed by atoms with Crippen LogP contribution in [0.1, 0.15) is 27.5 Å². The molecule has 0 radical (unpaired) electrons. The third-order valence-corrected chi connectivity index (χ3v) is 3.57. The number of halogens is 1. The van der Waals surface area contributed by atoms with Crippen molar-refractivity contribution in [2.75, 3.05) is 7.11 Å². The molecule has 0 saturated heterocycles. The van der Waals surface area contributed by atoms with Crippen molar-refractivity contribution in [1.82, 2.24) is 0 Å². The lowest BCUT2D eigenvalue weighted by atomic mass is 9.98. The molecule has 3 nitrogen and oxygen atoms in total. The normalized spacial score (nSPS) is 11.9. The predicted molar refractivity (Wildman–Crippen MR) is 82.6 cm³/mol. The van der Waals surface area contributed by atoms with Crippen LogP contribution >= 0.6 is 15.9 Å². The standard InChI is InChI=1S/C16H16BrNO2/c1-20-16(19)13-6-2-4-11(8-13)9-15(18)12-5-3-7-14(17)10-12/h2-8,10,15H,9,18H2,1H3. The van der Waals surface area contributed by atoms with Gasteiger partial charge in [0.15, 0.2) is 0 Å². The zero-order chi connectivity index (χ0) is 14.5. The summed E-state index contributed by atoms with van der Waals surface area (Å²) in [5.74, 6) is -0.331. The molecular formula is C16H16BrNO2. The van der Waals surface area contributed by atoms with E-state index in [1.54, 1.807) is 6.07 Å². The highest BCUT2D eigenvalue weighted by molar-refractivity contribution is 9.10. The molecule has 0 bridgehead atoms. The van der Waals surface area contributed by atoms with Crippen LogP contribution in [-0.2, 0) is 11.2 Å². The fraction of sp³-hybridized carbons (Fsp3) is 0.188. The van der Waals surface area contributed by atoms with Gasteiger partial charge in [-0.3, -0.25) is 0 Å². The van der Waals surface area contributed by atoms with Crippen molar-refractivity contribution in [3.8, 4) is 0 Å². The van der Waals surface area contributed by atoms with E-state index in [0.29, 0.717) is 12.0 Å². The van der Waals surface area contributed by atoms with Crippen molar-refractivity contribution in [2.45, 2.75) is 12.5 Å². The number of benzene rings is 2. The zero-order valence-corrected chi connectivity index (χ0v) is 12.8. The minimum atomic E-state index is -0.331. The van der Waals surface area contributed by atoms with Crippen molar-refractivity contribution < 1.29 is 9.53 Å². The van der Waals surface area contributed by atoms with Crippen LogP contribution in [0, 0.1) is 0 Å². The first-order valence-electron chi connectivity index (χ1n) is 6.28. The zero-order valence-electron chi connectivity index (χ0n) is 11.2. The van der Waals surface area contributed by atoms with Gasteiger partial charge in [0.1, 0.15) is 0 Å². The van der Waals surface area contributed by atoms with Gasteiger partial charge in [-0.2, -0.15) is 0 Å². The van der Waals surface area contributed by atoms with Gasteiger partial charge in [-0.1, -0.05) is 40.2 Å². The van der Waals surface area contributed by atoms with Gasteiger partial charge < -0.3 is 10.5 Å². The summed E-state index contributed by atoms with van der Waals surface area (Å²) in [6, 6.07) is 15.2. The highest BCUT2D eigenvalue weighted by atomic mass is 79.9. The van der Waals surface area contributed by atoms with E-state index in [1.165, 1.54) is 7.11 Å². The quantitative estimate of drug-likeness (QED) is 0.871. The summed E-state index contributed by atoms with van der Waals surface area (Å²) < 4.78 is 5.73. The largest absolute Gasteiger partial charge is 0.465 e. The molecule has 0 aliphatic heterocycles. The molecule has 0 aromatic heterocycles. The van der Waals surface area contributed by atoms with Gasteiger partial charge >= 0.3 is 5.97 Å². The Hall–Kier alpha value is -1.65. The maximum atomic E-state index is 11.5. The van der Waals surface area contributed by atoms with Crippen molar-refractivity contribution in [3.05, 3.63) is 69.7 Å². The van der Waals surface area contributed by atoms with Crippen LogP contribution < -0.4 is 5.73 Å². The fourth-order valence-corrected chi connectivity index (χ4v) is 2.47. The molecule has 20 heavy (non-hydrogen) atoms. The van der Waals surface area contributed by atoms with Gasteiger partial charge in [0.2, 0.25) is 0 Å². The molecule has 2 N–H and O–H groups in total. The van der Waals surface area contributed by atoms with Gasteiger partial charge in [0, 0.05) is 10.5 Å². The van der Waals surface area contributed by atoms with Crippen molar-refractivity contribution >= 4 is 21.9 Å². The summed E-state index contributed by atoms with van der Waals surface area (Å²) in [4.78, 5) is 11.5. The van der Waals surface area contributed by atoms with Gasteiger partial charge in [-0.15, -0.1) is 0 Å².